The molecule has 0 unspecified atom stereocenters. The molecule has 6 heteroatoms. The third-order valence-electron chi connectivity index (χ3n) is 4.00. The van der Waals surface area contributed by atoms with E-state index in [9.17, 15) is 9.59 Å². The molecule has 2 fully saturated rings. The number of ether oxygens (including phenoxy) is 1. The van der Waals surface area contributed by atoms with E-state index < -0.39 is 0 Å². The SMILES string of the molecule is O=C(Oc1ccccc1)N1CCC(N2CCNC2=O)CC1. The molecule has 2 aliphatic rings. The number of benzene rings is 1. The van der Waals surface area contributed by atoms with Crippen LogP contribution in [0, 0.1) is 0 Å². The van der Waals surface area contributed by atoms with Gasteiger partial charge in [-0.25, -0.2) is 9.59 Å². The number of piperidine rings is 1. The maximum atomic E-state index is 12.1. The molecule has 3 rings (SSSR count). The minimum atomic E-state index is -0.314. The monoisotopic (exact) mass is 289 g/mol. The molecular weight excluding hydrogens is 270 g/mol. The van der Waals surface area contributed by atoms with Gasteiger partial charge in [-0.1, -0.05) is 18.2 Å². The fourth-order valence-corrected chi connectivity index (χ4v) is 2.85. The van der Waals surface area contributed by atoms with E-state index in [0.717, 1.165) is 25.9 Å². The molecule has 1 N–H and O–H groups in total. The van der Waals surface area contributed by atoms with Crippen molar-refractivity contribution in [1.82, 2.24) is 15.1 Å². The van der Waals surface area contributed by atoms with E-state index in [1.807, 2.05) is 23.1 Å². The predicted molar refractivity (Wildman–Crippen MR) is 77.2 cm³/mol. The number of rotatable bonds is 2. The Bertz CT molecular complexity index is 512. The smallest absolute Gasteiger partial charge is 0.410 e. The van der Waals surface area contributed by atoms with Crippen molar-refractivity contribution < 1.29 is 14.3 Å². The molecule has 2 saturated heterocycles. The first-order valence-electron chi connectivity index (χ1n) is 7.30. The highest BCUT2D eigenvalue weighted by Gasteiger charge is 2.32. The van der Waals surface area contributed by atoms with Crippen LogP contribution >= 0.6 is 0 Å². The van der Waals surface area contributed by atoms with Gasteiger partial charge in [0.2, 0.25) is 0 Å². The van der Waals surface area contributed by atoms with Crippen LogP contribution in [0.2, 0.25) is 0 Å². The standard InChI is InChI=1S/C15H19N3O3/c19-14-16-8-11-18(14)12-6-9-17(10-7-12)15(20)21-13-4-2-1-3-5-13/h1-5,12H,6-11H2,(H,16,19). The summed E-state index contributed by atoms with van der Waals surface area (Å²) in [7, 11) is 0. The minimum Gasteiger partial charge on any atom is -0.410 e. The normalized spacial score (nSPS) is 19.5. The molecule has 0 saturated carbocycles. The molecular formula is C15H19N3O3. The number of urea groups is 1. The van der Waals surface area contributed by atoms with Gasteiger partial charge in [-0.3, -0.25) is 0 Å². The van der Waals surface area contributed by atoms with Gasteiger partial charge in [-0.15, -0.1) is 0 Å². The highest BCUT2D eigenvalue weighted by molar-refractivity contribution is 5.76. The van der Waals surface area contributed by atoms with Crippen molar-refractivity contribution in [3.63, 3.8) is 0 Å². The van der Waals surface area contributed by atoms with Crippen LogP contribution in [-0.2, 0) is 0 Å². The molecule has 3 amide bonds. The van der Waals surface area contributed by atoms with E-state index in [2.05, 4.69) is 5.32 Å². The number of carbonyl (C=O) groups excluding carboxylic acids is 2. The van der Waals surface area contributed by atoms with Crippen molar-refractivity contribution in [1.29, 1.82) is 0 Å². The summed E-state index contributed by atoms with van der Waals surface area (Å²) in [4.78, 5) is 27.3. The molecule has 0 radical (unpaired) electrons. The van der Waals surface area contributed by atoms with E-state index >= 15 is 0 Å². The molecule has 0 aromatic heterocycles. The number of hydrogen-bond acceptors (Lipinski definition) is 3. The number of likely N-dealkylation sites (tertiary alicyclic amines) is 1. The van der Waals surface area contributed by atoms with Gasteiger partial charge in [-0.2, -0.15) is 0 Å². The summed E-state index contributed by atoms with van der Waals surface area (Å²) in [5.41, 5.74) is 0. The van der Waals surface area contributed by atoms with Gasteiger partial charge >= 0.3 is 12.1 Å². The van der Waals surface area contributed by atoms with Gasteiger partial charge in [0.05, 0.1) is 0 Å². The highest BCUT2D eigenvalue weighted by atomic mass is 16.6. The van der Waals surface area contributed by atoms with Crippen molar-refractivity contribution in [3.8, 4) is 5.75 Å². The minimum absolute atomic E-state index is 0.0142. The Labute approximate surface area is 123 Å². The molecule has 0 aliphatic carbocycles. The van der Waals surface area contributed by atoms with Gasteiger partial charge < -0.3 is 19.9 Å². The van der Waals surface area contributed by atoms with Crippen LogP contribution in [0.4, 0.5) is 9.59 Å². The number of amides is 3. The van der Waals surface area contributed by atoms with Gasteiger partial charge in [0.25, 0.3) is 0 Å². The average Bonchev–Trinajstić information content (AvgIpc) is 2.94. The van der Waals surface area contributed by atoms with Gasteiger partial charge in [0.1, 0.15) is 5.75 Å². The molecule has 2 aliphatic heterocycles. The zero-order valence-electron chi connectivity index (χ0n) is 11.8. The zero-order valence-corrected chi connectivity index (χ0v) is 11.8. The molecule has 0 spiro atoms. The van der Waals surface area contributed by atoms with Crippen molar-refractivity contribution >= 4 is 12.1 Å². The fraction of sp³-hybridized carbons (Fsp3) is 0.467. The summed E-state index contributed by atoms with van der Waals surface area (Å²) in [5, 5.41) is 2.82. The molecule has 6 nitrogen and oxygen atoms in total. The Morgan fingerprint density at radius 1 is 1.14 bits per heavy atom. The van der Waals surface area contributed by atoms with Crippen LogP contribution in [0.3, 0.4) is 0 Å². The summed E-state index contributed by atoms with van der Waals surface area (Å²) in [6, 6.07) is 9.32. The van der Waals surface area contributed by atoms with E-state index in [0.29, 0.717) is 18.8 Å². The summed E-state index contributed by atoms with van der Waals surface area (Å²) < 4.78 is 5.33. The second kappa shape index (κ2) is 6.03. The lowest BCUT2D eigenvalue weighted by atomic mass is 10.0. The summed E-state index contributed by atoms with van der Waals surface area (Å²) >= 11 is 0. The molecule has 2 heterocycles. The lowest BCUT2D eigenvalue weighted by molar-refractivity contribution is 0.116. The lowest BCUT2D eigenvalue weighted by Gasteiger charge is -2.35. The van der Waals surface area contributed by atoms with Crippen LogP contribution in [0.25, 0.3) is 0 Å². The molecule has 112 valence electrons. The third-order valence-corrected chi connectivity index (χ3v) is 4.00. The lowest BCUT2D eigenvalue weighted by Crippen LogP contribution is -2.48. The molecule has 21 heavy (non-hydrogen) atoms. The van der Waals surface area contributed by atoms with Crippen molar-refractivity contribution in [3.05, 3.63) is 30.3 Å². The fourth-order valence-electron chi connectivity index (χ4n) is 2.85. The molecule has 0 atom stereocenters. The summed E-state index contributed by atoms with van der Waals surface area (Å²) in [6.07, 6.45) is 1.29. The average molecular weight is 289 g/mol. The van der Waals surface area contributed by atoms with Crippen LogP contribution < -0.4 is 10.1 Å². The summed E-state index contributed by atoms with van der Waals surface area (Å²) in [5.74, 6) is 0.559. The predicted octanol–water partition coefficient (Wildman–Crippen LogP) is 1.68. The van der Waals surface area contributed by atoms with E-state index in [4.69, 9.17) is 4.74 Å². The second-order valence-corrected chi connectivity index (χ2v) is 5.32. The Morgan fingerprint density at radius 2 is 1.86 bits per heavy atom. The van der Waals surface area contributed by atoms with Crippen LogP contribution in [0.1, 0.15) is 12.8 Å². The number of hydrogen-bond donors (Lipinski definition) is 1. The third kappa shape index (κ3) is 3.09. The Hall–Kier alpha value is -2.24. The van der Waals surface area contributed by atoms with Crippen LogP contribution in [0.15, 0.2) is 30.3 Å². The van der Waals surface area contributed by atoms with Gasteiger partial charge in [0, 0.05) is 32.2 Å². The van der Waals surface area contributed by atoms with Gasteiger partial charge in [0.15, 0.2) is 0 Å². The van der Waals surface area contributed by atoms with E-state index in [1.54, 1.807) is 17.0 Å². The van der Waals surface area contributed by atoms with Crippen molar-refractivity contribution in [2.75, 3.05) is 26.2 Å². The zero-order chi connectivity index (χ0) is 14.7. The Balaban J connectivity index is 1.51. The van der Waals surface area contributed by atoms with Crippen LogP contribution in [0.5, 0.6) is 5.75 Å². The Morgan fingerprint density at radius 3 is 2.48 bits per heavy atom. The first kappa shape index (κ1) is 13.7. The van der Waals surface area contributed by atoms with Crippen molar-refractivity contribution in [2.24, 2.45) is 0 Å². The second-order valence-electron chi connectivity index (χ2n) is 5.32. The maximum absolute atomic E-state index is 12.1. The number of carbonyl (C=O) groups is 2. The van der Waals surface area contributed by atoms with E-state index in [-0.39, 0.29) is 18.2 Å². The van der Waals surface area contributed by atoms with Gasteiger partial charge in [-0.05, 0) is 25.0 Å². The molecule has 1 aromatic rings. The van der Waals surface area contributed by atoms with E-state index in [1.165, 1.54) is 0 Å². The first-order chi connectivity index (χ1) is 10.2. The number of nitrogens with one attached hydrogen (secondary N) is 1. The molecule has 1 aromatic carbocycles. The summed E-state index contributed by atoms with van der Waals surface area (Å²) in [6.45, 7) is 2.73. The maximum Gasteiger partial charge on any atom is 0.415 e. The largest absolute Gasteiger partial charge is 0.415 e. The topological polar surface area (TPSA) is 61.9 Å². The highest BCUT2D eigenvalue weighted by Crippen LogP contribution is 2.19. The number of nitrogens with zero attached hydrogens (tertiary/aromatic N) is 2. The van der Waals surface area contributed by atoms with Crippen molar-refractivity contribution in [2.45, 2.75) is 18.9 Å². The van der Waals surface area contributed by atoms with Crippen LogP contribution in [-0.4, -0.2) is 54.1 Å². The quantitative estimate of drug-likeness (QED) is 0.901. The Kier molecular flexibility index (Phi) is 3.94. The number of para-hydroxylation sites is 1. The first-order valence-corrected chi connectivity index (χ1v) is 7.30. The molecule has 0 bridgehead atoms.